The van der Waals surface area contributed by atoms with Gasteiger partial charge in [0.2, 0.25) is 0 Å². The Kier molecular flexibility index (Phi) is 7.39. The molecule has 7 nitrogen and oxygen atoms in total. The molecule has 0 aliphatic carbocycles. The van der Waals surface area contributed by atoms with Crippen molar-refractivity contribution in [3.63, 3.8) is 0 Å². The monoisotopic (exact) mass is 483 g/mol. The quantitative estimate of drug-likeness (QED) is 0.228. The van der Waals surface area contributed by atoms with Gasteiger partial charge in [-0.3, -0.25) is 14.9 Å². The predicted octanol–water partition coefficient (Wildman–Crippen LogP) is 5.81. The number of ketones is 1. The number of Topliss-reactive ketones (excluding diaryl/α,β-unsaturated/α-hetero) is 1. The van der Waals surface area contributed by atoms with Crippen molar-refractivity contribution < 1.29 is 24.0 Å². The van der Waals surface area contributed by atoms with E-state index in [1.54, 1.807) is 19.1 Å². The predicted molar refractivity (Wildman–Crippen MR) is 134 cm³/mol. The van der Waals surface area contributed by atoms with Gasteiger partial charge in [0.15, 0.2) is 5.78 Å². The van der Waals surface area contributed by atoms with Crippen LogP contribution in [0, 0.1) is 10.1 Å². The summed E-state index contributed by atoms with van der Waals surface area (Å²) < 4.78 is 11.7. The minimum atomic E-state index is -0.672. The van der Waals surface area contributed by atoms with Crippen LogP contribution in [0.4, 0.5) is 5.69 Å². The number of benzene rings is 3. The second-order valence-corrected chi connectivity index (χ2v) is 8.47. The van der Waals surface area contributed by atoms with Gasteiger partial charge in [-0.05, 0) is 30.5 Å². The zero-order valence-electron chi connectivity index (χ0n) is 20.0. The van der Waals surface area contributed by atoms with E-state index in [2.05, 4.69) is 0 Å². The van der Waals surface area contributed by atoms with Crippen molar-refractivity contribution in [3.05, 3.63) is 134 Å². The highest BCUT2D eigenvalue weighted by Crippen LogP contribution is 2.42. The number of non-ortho nitro benzene ring substituents is 1. The number of allylic oxidation sites excluding steroid dienone is 3. The first-order valence-corrected chi connectivity index (χ1v) is 11.5. The van der Waals surface area contributed by atoms with E-state index in [0.717, 1.165) is 16.7 Å². The van der Waals surface area contributed by atoms with Crippen LogP contribution in [0.15, 0.2) is 108 Å². The smallest absolute Gasteiger partial charge is 0.338 e. The zero-order chi connectivity index (χ0) is 25.7. The second-order valence-electron chi connectivity index (χ2n) is 8.47. The zero-order valence-corrected chi connectivity index (χ0v) is 20.0. The van der Waals surface area contributed by atoms with Gasteiger partial charge in [0, 0.05) is 24.1 Å². The topological polar surface area (TPSA) is 95.7 Å². The highest BCUT2D eigenvalue weighted by Gasteiger charge is 2.38. The van der Waals surface area contributed by atoms with Crippen molar-refractivity contribution >= 4 is 17.4 Å². The Morgan fingerprint density at radius 2 is 1.50 bits per heavy atom. The summed E-state index contributed by atoms with van der Waals surface area (Å²) in [5.74, 6) is -0.708. The van der Waals surface area contributed by atoms with Crippen molar-refractivity contribution in [3.8, 4) is 0 Å². The molecule has 0 aromatic heterocycles. The van der Waals surface area contributed by atoms with Crippen LogP contribution in [0.1, 0.15) is 36.5 Å². The number of hydrogen-bond donors (Lipinski definition) is 0. The van der Waals surface area contributed by atoms with E-state index in [0.29, 0.717) is 17.1 Å². The lowest BCUT2D eigenvalue weighted by Crippen LogP contribution is -2.27. The van der Waals surface area contributed by atoms with Crippen molar-refractivity contribution in [2.75, 3.05) is 0 Å². The summed E-state index contributed by atoms with van der Waals surface area (Å²) in [5.41, 5.74) is 2.96. The SMILES string of the molecule is CC(=O)C1=C(Cc2ccc([N+](=O)[O-])cc2)OC(C)=C(C(=O)OCc2ccccc2)C1c1ccccc1. The maximum absolute atomic E-state index is 13.3. The average Bonchev–Trinajstić information content (AvgIpc) is 2.88. The second kappa shape index (κ2) is 10.8. The van der Waals surface area contributed by atoms with Crippen LogP contribution >= 0.6 is 0 Å². The van der Waals surface area contributed by atoms with Gasteiger partial charge in [0.1, 0.15) is 18.1 Å². The van der Waals surface area contributed by atoms with E-state index in [4.69, 9.17) is 9.47 Å². The lowest BCUT2D eigenvalue weighted by Gasteiger charge is -2.30. The lowest BCUT2D eigenvalue weighted by atomic mass is 9.79. The molecule has 1 unspecified atom stereocenters. The summed E-state index contributed by atoms with van der Waals surface area (Å²) in [6.07, 6.45) is 0.236. The Bertz CT molecular complexity index is 1340. The average molecular weight is 484 g/mol. The molecule has 1 atom stereocenters. The van der Waals surface area contributed by atoms with Crippen LogP contribution < -0.4 is 0 Å². The number of nitro groups is 1. The van der Waals surface area contributed by atoms with Gasteiger partial charge >= 0.3 is 5.97 Å². The van der Waals surface area contributed by atoms with Crippen molar-refractivity contribution in [2.24, 2.45) is 0 Å². The number of esters is 1. The molecular formula is C29H25NO6. The molecule has 7 heteroatoms. The van der Waals surface area contributed by atoms with Crippen molar-refractivity contribution in [2.45, 2.75) is 32.8 Å². The number of rotatable bonds is 8. The first-order chi connectivity index (χ1) is 17.3. The molecule has 0 radical (unpaired) electrons. The molecule has 182 valence electrons. The van der Waals surface area contributed by atoms with Gasteiger partial charge in [0.25, 0.3) is 5.69 Å². The fourth-order valence-corrected chi connectivity index (χ4v) is 4.30. The molecule has 0 spiro atoms. The highest BCUT2D eigenvalue weighted by molar-refractivity contribution is 6.01. The Labute approximate surface area is 208 Å². The Morgan fingerprint density at radius 1 is 0.889 bits per heavy atom. The minimum absolute atomic E-state index is 0.0224. The van der Waals surface area contributed by atoms with Gasteiger partial charge in [-0.1, -0.05) is 72.8 Å². The highest BCUT2D eigenvalue weighted by atomic mass is 16.6. The van der Waals surface area contributed by atoms with Crippen LogP contribution in [0.3, 0.4) is 0 Å². The van der Waals surface area contributed by atoms with E-state index < -0.39 is 16.8 Å². The molecule has 4 rings (SSSR count). The normalized spacial score (nSPS) is 15.3. The summed E-state index contributed by atoms with van der Waals surface area (Å²) in [4.78, 5) is 36.9. The number of carbonyl (C=O) groups excluding carboxylic acids is 2. The van der Waals surface area contributed by atoms with Crippen molar-refractivity contribution in [1.82, 2.24) is 0 Å². The molecule has 0 fully saturated rings. The minimum Gasteiger partial charge on any atom is -0.465 e. The summed E-state index contributed by atoms with van der Waals surface area (Å²) in [6.45, 7) is 3.21. The van der Waals surface area contributed by atoms with E-state index in [1.807, 2.05) is 60.7 Å². The van der Waals surface area contributed by atoms with Gasteiger partial charge in [-0.25, -0.2) is 4.79 Å². The molecule has 36 heavy (non-hydrogen) atoms. The number of hydrogen-bond acceptors (Lipinski definition) is 6. The third kappa shape index (κ3) is 5.41. The number of ether oxygens (including phenoxy) is 2. The van der Waals surface area contributed by atoms with Crippen LogP contribution in [0.2, 0.25) is 0 Å². The molecule has 1 aliphatic heterocycles. The fraction of sp³-hybridized carbons (Fsp3) is 0.172. The fourth-order valence-electron chi connectivity index (χ4n) is 4.30. The Hall–Kier alpha value is -4.52. The van der Waals surface area contributed by atoms with Crippen LogP contribution in [-0.4, -0.2) is 16.7 Å². The first kappa shape index (κ1) is 24.6. The first-order valence-electron chi connectivity index (χ1n) is 11.5. The number of nitro benzene ring substituents is 1. The van der Waals surface area contributed by atoms with Crippen LogP contribution in [0.5, 0.6) is 0 Å². The van der Waals surface area contributed by atoms with Gasteiger partial charge in [-0.2, -0.15) is 0 Å². The van der Waals surface area contributed by atoms with Gasteiger partial charge < -0.3 is 9.47 Å². The molecular weight excluding hydrogens is 458 g/mol. The molecule has 3 aromatic carbocycles. The maximum atomic E-state index is 13.3. The maximum Gasteiger partial charge on any atom is 0.338 e. The summed E-state index contributed by atoms with van der Waals surface area (Å²) in [6, 6.07) is 24.7. The van der Waals surface area contributed by atoms with Crippen molar-refractivity contribution in [1.29, 1.82) is 0 Å². The molecule has 0 N–H and O–H groups in total. The summed E-state index contributed by atoms with van der Waals surface area (Å²) in [7, 11) is 0. The molecule has 0 saturated heterocycles. The van der Waals surface area contributed by atoms with Gasteiger partial charge in [0.05, 0.1) is 16.4 Å². The molecule has 3 aromatic rings. The van der Waals surface area contributed by atoms with E-state index >= 15 is 0 Å². The third-order valence-corrected chi connectivity index (χ3v) is 5.99. The molecule has 1 heterocycles. The molecule has 0 bridgehead atoms. The van der Waals surface area contributed by atoms with E-state index in [-0.39, 0.29) is 30.1 Å². The Balaban J connectivity index is 1.72. The molecule has 1 aliphatic rings. The largest absolute Gasteiger partial charge is 0.465 e. The standard InChI is InChI=1S/C29H25NO6/c1-19(31)26-25(17-21-13-15-24(16-14-21)30(33)34)36-20(2)27(28(26)23-11-7-4-8-12-23)29(32)35-18-22-9-5-3-6-10-22/h3-16,28H,17-18H2,1-2H3. The van der Waals surface area contributed by atoms with Crippen LogP contribution in [-0.2, 0) is 32.1 Å². The van der Waals surface area contributed by atoms with Gasteiger partial charge in [-0.15, -0.1) is 0 Å². The number of carbonyl (C=O) groups is 2. The lowest BCUT2D eigenvalue weighted by molar-refractivity contribution is -0.384. The van der Waals surface area contributed by atoms with Crippen LogP contribution in [0.25, 0.3) is 0 Å². The Morgan fingerprint density at radius 3 is 2.08 bits per heavy atom. The number of nitrogens with zero attached hydrogens (tertiary/aromatic N) is 1. The molecule has 0 saturated carbocycles. The molecule has 0 amide bonds. The van der Waals surface area contributed by atoms with E-state index in [1.165, 1.54) is 19.1 Å². The van der Waals surface area contributed by atoms with E-state index in [9.17, 15) is 19.7 Å². The summed E-state index contributed by atoms with van der Waals surface area (Å²) >= 11 is 0. The third-order valence-electron chi connectivity index (χ3n) is 5.99. The summed E-state index contributed by atoms with van der Waals surface area (Å²) in [5, 5.41) is 11.0.